The third kappa shape index (κ3) is 3.40. The van der Waals surface area contributed by atoms with Crippen LogP contribution in [0.25, 0.3) is 16.6 Å². The largest absolute Gasteiger partial charge is 0.268 e. The molecule has 1 aromatic carbocycles. The van der Waals surface area contributed by atoms with Crippen molar-refractivity contribution in [1.29, 1.82) is 0 Å². The molecular formula is C18H12BrN3OS2. The average molecular weight is 430 g/mol. The molecule has 124 valence electrons. The highest BCUT2D eigenvalue weighted by Gasteiger charge is 2.13. The number of nitrogens with zero attached hydrogens (tertiary/aromatic N) is 3. The van der Waals surface area contributed by atoms with Crippen molar-refractivity contribution in [3.05, 3.63) is 79.9 Å². The Morgan fingerprint density at radius 3 is 2.84 bits per heavy atom. The number of fused-ring (bicyclic) bond motifs is 1. The Kier molecular flexibility index (Phi) is 4.70. The zero-order chi connectivity index (χ0) is 17.2. The van der Waals surface area contributed by atoms with Crippen LogP contribution < -0.4 is 5.56 Å². The third-order valence-corrected chi connectivity index (χ3v) is 6.48. The zero-order valence-corrected chi connectivity index (χ0v) is 16.1. The standard InChI is InChI=1S/C18H12BrN3OS2/c19-12-8-14(24-10-12)11-25-18-21-16-6-2-1-5-15(16)17(23)22(18)13-4-3-7-20-9-13/h1-10H,11H2. The summed E-state index contributed by atoms with van der Waals surface area (Å²) in [7, 11) is 0. The predicted octanol–water partition coefficient (Wildman–Crippen LogP) is 4.90. The van der Waals surface area contributed by atoms with Crippen molar-refractivity contribution >= 4 is 49.9 Å². The van der Waals surface area contributed by atoms with Gasteiger partial charge in [-0.25, -0.2) is 4.98 Å². The van der Waals surface area contributed by atoms with Crippen molar-refractivity contribution in [1.82, 2.24) is 14.5 Å². The SMILES string of the molecule is O=c1c2ccccc2nc(SCc2cc(Br)cs2)n1-c1cccnc1. The number of pyridine rings is 1. The highest BCUT2D eigenvalue weighted by Crippen LogP contribution is 2.28. The van der Waals surface area contributed by atoms with Crippen LogP contribution in [0, 0.1) is 0 Å². The molecule has 0 bridgehead atoms. The number of hydrogen-bond donors (Lipinski definition) is 0. The zero-order valence-electron chi connectivity index (χ0n) is 12.9. The Hall–Kier alpha value is -1.96. The van der Waals surface area contributed by atoms with Gasteiger partial charge in [-0.15, -0.1) is 11.3 Å². The molecule has 3 heterocycles. The van der Waals surface area contributed by atoms with E-state index in [9.17, 15) is 4.79 Å². The van der Waals surface area contributed by atoms with E-state index in [1.807, 2.05) is 36.4 Å². The molecule has 3 aromatic heterocycles. The van der Waals surface area contributed by atoms with Gasteiger partial charge < -0.3 is 0 Å². The van der Waals surface area contributed by atoms with E-state index in [0.29, 0.717) is 16.1 Å². The number of para-hydroxylation sites is 1. The molecule has 0 saturated heterocycles. The molecule has 0 amide bonds. The maximum Gasteiger partial charge on any atom is 0.266 e. The fraction of sp³-hybridized carbons (Fsp3) is 0.0556. The van der Waals surface area contributed by atoms with E-state index in [0.717, 1.165) is 15.9 Å². The fourth-order valence-corrected chi connectivity index (χ4v) is 5.01. The molecule has 0 atom stereocenters. The fourth-order valence-electron chi connectivity index (χ4n) is 2.49. The minimum absolute atomic E-state index is 0.0755. The summed E-state index contributed by atoms with van der Waals surface area (Å²) in [6.07, 6.45) is 3.38. The second-order valence-electron chi connectivity index (χ2n) is 5.28. The minimum atomic E-state index is -0.0755. The van der Waals surface area contributed by atoms with Gasteiger partial charge in [0.2, 0.25) is 0 Å². The summed E-state index contributed by atoms with van der Waals surface area (Å²) >= 11 is 6.71. The number of benzene rings is 1. The first-order valence-corrected chi connectivity index (χ1v) is 10.2. The van der Waals surface area contributed by atoms with Gasteiger partial charge in [0.05, 0.1) is 22.8 Å². The minimum Gasteiger partial charge on any atom is -0.268 e. The van der Waals surface area contributed by atoms with Gasteiger partial charge in [0.1, 0.15) is 0 Å². The summed E-state index contributed by atoms with van der Waals surface area (Å²) in [5.74, 6) is 0.751. The first kappa shape index (κ1) is 16.5. The summed E-state index contributed by atoms with van der Waals surface area (Å²) in [6.45, 7) is 0. The lowest BCUT2D eigenvalue weighted by atomic mass is 10.2. The van der Waals surface area contributed by atoms with Crippen molar-refractivity contribution in [2.24, 2.45) is 0 Å². The molecule has 0 radical (unpaired) electrons. The molecule has 0 spiro atoms. The molecule has 0 aliphatic rings. The quantitative estimate of drug-likeness (QED) is 0.342. The van der Waals surface area contributed by atoms with Crippen molar-refractivity contribution in [2.75, 3.05) is 0 Å². The van der Waals surface area contributed by atoms with Crippen LogP contribution in [0.1, 0.15) is 4.88 Å². The second-order valence-corrected chi connectivity index (χ2v) is 8.14. The maximum absolute atomic E-state index is 13.0. The van der Waals surface area contributed by atoms with Gasteiger partial charge in [-0.3, -0.25) is 14.3 Å². The Labute approximate surface area is 160 Å². The van der Waals surface area contributed by atoms with E-state index >= 15 is 0 Å². The summed E-state index contributed by atoms with van der Waals surface area (Å²) in [5, 5.41) is 3.33. The molecule has 7 heteroatoms. The van der Waals surface area contributed by atoms with Gasteiger partial charge in [-0.1, -0.05) is 23.9 Å². The van der Waals surface area contributed by atoms with Crippen LogP contribution in [-0.4, -0.2) is 14.5 Å². The molecular weight excluding hydrogens is 418 g/mol. The molecule has 0 aliphatic heterocycles. The van der Waals surface area contributed by atoms with Crippen LogP contribution in [0.15, 0.2) is 74.7 Å². The van der Waals surface area contributed by atoms with Crippen molar-refractivity contribution in [2.45, 2.75) is 10.9 Å². The first-order valence-electron chi connectivity index (χ1n) is 7.50. The number of halogens is 1. The first-order chi connectivity index (χ1) is 12.2. The molecule has 0 unspecified atom stereocenters. The molecule has 4 rings (SSSR count). The van der Waals surface area contributed by atoms with Gasteiger partial charge >= 0.3 is 0 Å². The van der Waals surface area contributed by atoms with Gasteiger partial charge in [0, 0.05) is 26.7 Å². The highest BCUT2D eigenvalue weighted by molar-refractivity contribution is 9.10. The number of rotatable bonds is 4. The van der Waals surface area contributed by atoms with E-state index in [1.165, 1.54) is 4.88 Å². The Morgan fingerprint density at radius 1 is 1.20 bits per heavy atom. The molecule has 0 N–H and O–H groups in total. The topological polar surface area (TPSA) is 47.8 Å². The molecule has 4 nitrogen and oxygen atoms in total. The predicted molar refractivity (Wildman–Crippen MR) is 107 cm³/mol. The summed E-state index contributed by atoms with van der Waals surface area (Å²) in [6, 6.07) is 13.2. The Morgan fingerprint density at radius 2 is 2.08 bits per heavy atom. The van der Waals surface area contributed by atoms with E-state index in [4.69, 9.17) is 4.98 Å². The van der Waals surface area contributed by atoms with Crippen LogP contribution in [0.2, 0.25) is 0 Å². The van der Waals surface area contributed by atoms with Crippen LogP contribution in [0.4, 0.5) is 0 Å². The van der Waals surface area contributed by atoms with Crippen molar-refractivity contribution < 1.29 is 0 Å². The number of aromatic nitrogens is 3. The van der Waals surface area contributed by atoms with Crippen molar-refractivity contribution in [3.8, 4) is 5.69 Å². The monoisotopic (exact) mass is 429 g/mol. The van der Waals surface area contributed by atoms with Gasteiger partial charge in [0.15, 0.2) is 5.16 Å². The lowest BCUT2D eigenvalue weighted by Crippen LogP contribution is -2.21. The lowest BCUT2D eigenvalue weighted by Gasteiger charge is -2.12. The van der Waals surface area contributed by atoms with Crippen molar-refractivity contribution in [3.63, 3.8) is 0 Å². The summed E-state index contributed by atoms with van der Waals surface area (Å²) < 4.78 is 2.71. The van der Waals surface area contributed by atoms with Crippen LogP contribution in [-0.2, 0) is 5.75 Å². The molecule has 4 aromatic rings. The van der Waals surface area contributed by atoms with Gasteiger partial charge in [-0.05, 0) is 46.3 Å². The summed E-state index contributed by atoms with van der Waals surface area (Å²) in [5.41, 5.74) is 1.36. The maximum atomic E-state index is 13.0. The molecule has 0 fully saturated rings. The van der Waals surface area contributed by atoms with Crippen LogP contribution >= 0.6 is 39.0 Å². The van der Waals surface area contributed by atoms with Gasteiger partial charge in [0.25, 0.3) is 5.56 Å². The second kappa shape index (κ2) is 7.11. The van der Waals surface area contributed by atoms with E-state index in [1.54, 1.807) is 40.1 Å². The van der Waals surface area contributed by atoms with Crippen LogP contribution in [0.3, 0.4) is 0 Å². The number of thiophene rings is 1. The normalized spacial score (nSPS) is 11.1. The lowest BCUT2D eigenvalue weighted by molar-refractivity contribution is 0.815. The highest BCUT2D eigenvalue weighted by atomic mass is 79.9. The molecule has 25 heavy (non-hydrogen) atoms. The number of hydrogen-bond acceptors (Lipinski definition) is 5. The number of thioether (sulfide) groups is 1. The molecule has 0 aliphatic carbocycles. The summed E-state index contributed by atoms with van der Waals surface area (Å²) in [4.78, 5) is 23.1. The Balaban J connectivity index is 1.84. The van der Waals surface area contributed by atoms with E-state index in [2.05, 4.69) is 32.4 Å². The average Bonchev–Trinajstić information content (AvgIpc) is 3.06. The third-order valence-electron chi connectivity index (χ3n) is 3.61. The van der Waals surface area contributed by atoms with Gasteiger partial charge in [-0.2, -0.15) is 0 Å². The Bertz CT molecular complexity index is 1090. The van der Waals surface area contributed by atoms with E-state index in [-0.39, 0.29) is 5.56 Å². The smallest absolute Gasteiger partial charge is 0.266 e. The van der Waals surface area contributed by atoms with Crippen LogP contribution in [0.5, 0.6) is 0 Å². The molecule has 0 saturated carbocycles. The van der Waals surface area contributed by atoms with E-state index < -0.39 is 0 Å².